The molecule has 1 atom stereocenters. The third-order valence-corrected chi connectivity index (χ3v) is 4.55. The molecule has 4 heteroatoms. The van der Waals surface area contributed by atoms with Gasteiger partial charge in [0.15, 0.2) is 0 Å². The van der Waals surface area contributed by atoms with Crippen LogP contribution in [0.5, 0.6) is 0 Å². The molecule has 1 aromatic heterocycles. The van der Waals surface area contributed by atoms with Crippen LogP contribution in [0.4, 0.5) is 0 Å². The lowest BCUT2D eigenvalue weighted by Crippen LogP contribution is -2.11. The molecule has 0 saturated heterocycles. The van der Waals surface area contributed by atoms with E-state index in [1.165, 1.54) is 10.4 Å². The molecule has 0 spiro atoms. The number of thiophene rings is 1. The molecule has 0 bridgehead atoms. The number of rotatable bonds is 3. The second kappa shape index (κ2) is 5.45. The van der Waals surface area contributed by atoms with Crippen LogP contribution in [-0.4, -0.2) is 0 Å². The molecule has 84 valence electrons. The van der Waals surface area contributed by atoms with Gasteiger partial charge in [0, 0.05) is 15.4 Å². The largest absolute Gasteiger partial charge is 0.323 e. The van der Waals surface area contributed by atoms with Gasteiger partial charge in [0.1, 0.15) is 0 Å². The summed E-state index contributed by atoms with van der Waals surface area (Å²) in [6.45, 7) is 0. The van der Waals surface area contributed by atoms with Crippen LogP contribution in [0, 0.1) is 0 Å². The highest BCUT2D eigenvalue weighted by atomic mass is 79.9. The van der Waals surface area contributed by atoms with Crippen molar-refractivity contribution < 1.29 is 0 Å². The molecular formula is C12H11Br2NS. The smallest absolute Gasteiger partial charge is 0.0701 e. The zero-order valence-corrected chi connectivity index (χ0v) is 12.5. The van der Waals surface area contributed by atoms with Gasteiger partial charge in [-0.25, -0.2) is 0 Å². The molecule has 1 unspecified atom stereocenters. The Hall–Kier alpha value is -0.160. The van der Waals surface area contributed by atoms with Crippen molar-refractivity contribution in [3.05, 3.63) is 55.1 Å². The van der Waals surface area contributed by atoms with Gasteiger partial charge in [-0.15, -0.1) is 11.3 Å². The summed E-state index contributed by atoms with van der Waals surface area (Å²) in [5.74, 6) is 0. The van der Waals surface area contributed by atoms with Crippen molar-refractivity contribution in [3.63, 3.8) is 0 Å². The Balaban J connectivity index is 2.10. The first-order valence-corrected chi connectivity index (χ1v) is 7.30. The molecule has 0 aliphatic rings. The maximum Gasteiger partial charge on any atom is 0.0701 e. The summed E-state index contributed by atoms with van der Waals surface area (Å²) >= 11 is 8.62. The lowest BCUT2D eigenvalue weighted by molar-refractivity contribution is 0.736. The van der Waals surface area contributed by atoms with Crippen molar-refractivity contribution in [2.45, 2.75) is 12.5 Å². The van der Waals surface area contributed by atoms with Crippen LogP contribution in [0.2, 0.25) is 0 Å². The van der Waals surface area contributed by atoms with E-state index in [0.717, 1.165) is 14.7 Å². The topological polar surface area (TPSA) is 26.0 Å². The van der Waals surface area contributed by atoms with Gasteiger partial charge in [-0.05, 0) is 52.2 Å². The summed E-state index contributed by atoms with van der Waals surface area (Å²) in [5, 5.41) is 0. The Morgan fingerprint density at radius 1 is 1.19 bits per heavy atom. The number of halogens is 2. The average Bonchev–Trinajstić information content (AvgIpc) is 2.65. The molecule has 0 radical (unpaired) electrons. The van der Waals surface area contributed by atoms with Gasteiger partial charge in [0.05, 0.1) is 3.79 Å². The molecule has 2 N–H and O–H groups in total. The van der Waals surface area contributed by atoms with Crippen LogP contribution in [0.3, 0.4) is 0 Å². The third-order valence-electron chi connectivity index (χ3n) is 2.30. The second-order valence-electron chi connectivity index (χ2n) is 3.58. The fourth-order valence-corrected chi connectivity index (χ4v) is 3.42. The summed E-state index contributed by atoms with van der Waals surface area (Å²) in [7, 11) is 0. The van der Waals surface area contributed by atoms with E-state index in [2.05, 4.69) is 50.1 Å². The van der Waals surface area contributed by atoms with Crippen molar-refractivity contribution in [1.82, 2.24) is 0 Å². The Morgan fingerprint density at radius 2 is 2.00 bits per heavy atom. The standard InChI is InChI=1S/C12H11Br2NS/c13-9-3-1-2-8(6-9)7-10(15)11-4-5-12(14)16-11/h1-6,10H,7,15H2. The molecule has 16 heavy (non-hydrogen) atoms. The van der Waals surface area contributed by atoms with Crippen LogP contribution in [0.15, 0.2) is 44.7 Å². The van der Waals surface area contributed by atoms with Gasteiger partial charge in [0.2, 0.25) is 0 Å². The first-order valence-electron chi connectivity index (χ1n) is 4.90. The molecular weight excluding hydrogens is 350 g/mol. The Morgan fingerprint density at radius 3 is 2.62 bits per heavy atom. The molecule has 2 aromatic rings. The lowest BCUT2D eigenvalue weighted by Gasteiger charge is -2.09. The van der Waals surface area contributed by atoms with E-state index in [1.807, 2.05) is 18.2 Å². The van der Waals surface area contributed by atoms with Crippen molar-refractivity contribution in [3.8, 4) is 0 Å². The van der Waals surface area contributed by atoms with Crippen LogP contribution in [0.25, 0.3) is 0 Å². The first kappa shape index (κ1) is 12.3. The van der Waals surface area contributed by atoms with E-state index in [4.69, 9.17) is 5.73 Å². The molecule has 0 saturated carbocycles. The van der Waals surface area contributed by atoms with E-state index < -0.39 is 0 Å². The minimum Gasteiger partial charge on any atom is -0.323 e. The van der Waals surface area contributed by atoms with Gasteiger partial charge in [0.25, 0.3) is 0 Å². The predicted molar refractivity (Wildman–Crippen MR) is 76.8 cm³/mol. The minimum absolute atomic E-state index is 0.0746. The Bertz CT molecular complexity index is 481. The zero-order chi connectivity index (χ0) is 11.5. The van der Waals surface area contributed by atoms with E-state index in [-0.39, 0.29) is 6.04 Å². The normalized spacial score (nSPS) is 12.7. The van der Waals surface area contributed by atoms with Gasteiger partial charge >= 0.3 is 0 Å². The monoisotopic (exact) mass is 359 g/mol. The predicted octanol–water partition coefficient (Wildman–Crippen LogP) is 4.52. The highest BCUT2D eigenvalue weighted by Crippen LogP contribution is 2.28. The van der Waals surface area contributed by atoms with Gasteiger partial charge in [-0.2, -0.15) is 0 Å². The van der Waals surface area contributed by atoms with E-state index in [0.29, 0.717) is 0 Å². The first-order chi connectivity index (χ1) is 7.65. The van der Waals surface area contributed by atoms with Crippen LogP contribution >= 0.6 is 43.2 Å². The number of nitrogens with two attached hydrogens (primary N) is 1. The van der Waals surface area contributed by atoms with Crippen LogP contribution in [-0.2, 0) is 6.42 Å². The van der Waals surface area contributed by atoms with Gasteiger partial charge in [-0.3, -0.25) is 0 Å². The van der Waals surface area contributed by atoms with Gasteiger partial charge in [-0.1, -0.05) is 28.1 Å². The summed E-state index contributed by atoms with van der Waals surface area (Å²) in [6, 6.07) is 12.5. The fraction of sp³-hybridized carbons (Fsp3) is 0.167. The highest BCUT2D eigenvalue weighted by molar-refractivity contribution is 9.11. The van der Waals surface area contributed by atoms with Crippen molar-refractivity contribution in [1.29, 1.82) is 0 Å². The minimum atomic E-state index is 0.0746. The molecule has 0 aliphatic carbocycles. The molecule has 0 aliphatic heterocycles. The maximum absolute atomic E-state index is 6.16. The Labute approximate surface area is 116 Å². The van der Waals surface area contributed by atoms with Crippen LogP contribution < -0.4 is 5.73 Å². The molecule has 0 fully saturated rings. The molecule has 1 heterocycles. The van der Waals surface area contributed by atoms with E-state index in [1.54, 1.807) is 11.3 Å². The van der Waals surface area contributed by atoms with E-state index >= 15 is 0 Å². The Kier molecular flexibility index (Phi) is 4.19. The van der Waals surface area contributed by atoms with Crippen molar-refractivity contribution in [2.24, 2.45) is 5.73 Å². The SMILES string of the molecule is NC(Cc1cccc(Br)c1)c1ccc(Br)s1. The maximum atomic E-state index is 6.16. The van der Waals surface area contributed by atoms with Gasteiger partial charge < -0.3 is 5.73 Å². The van der Waals surface area contributed by atoms with Crippen molar-refractivity contribution in [2.75, 3.05) is 0 Å². The second-order valence-corrected chi connectivity index (χ2v) is 6.99. The zero-order valence-electron chi connectivity index (χ0n) is 8.49. The van der Waals surface area contributed by atoms with Crippen molar-refractivity contribution >= 4 is 43.2 Å². The summed E-state index contributed by atoms with van der Waals surface area (Å²) < 4.78 is 2.23. The number of benzene rings is 1. The van der Waals surface area contributed by atoms with E-state index in [9.17, 15) is 0 Å². The molecule has 1 nitrogen and oxygen atoms in total. The quantitative estimate of drug-likeness (QED) is 0.855. The summed E-state index contributed by atoms with van der Waals surface area (Å²) in [4.78, 5) is 1.21. The molecule has 2 rings (SSSR count). The fourth-order valence-electron chi connectivity index (χ4n) is 1.55. The summed E-state index contributed by atoms with van der Waals surface area (Å²) in [6.07, 6.45) is 0.867. The highest BCUT2D eigenvalue weighted by Gasteiger charge is 2.09. The third kappa shape index (κ3) is 3.17. The molecule has 0 amide bonds. The van der Waals surface area contributed by atoms with Crippen LogP contribution in [0.1, 0.15) is 16.5 Å². The average molecular weight is 361 g/mol. The number of hydrogen-bond donors (Lipinski definition) is 1. The number of hydrogen-bond acceptors (Lipinski definition) is 2. The molecule has 1 aromatic carbocycles. The summed E-state index contributed by atoms with van der Waals surface area (Å²) in [5.41, 5.74) is 7.42. The lowest BCUT2D eigenvalue weighted by atomic mass is 10.1.